The molecule has 1 aromatic carbocycles. The zero-order valence-corrected chi connectivity index (χ0v) is 14.6. The third-order valence-corrected chi connectivity index (χ3v) is 4.40. The molecule has 0 aromatic heterocycles. The van der Waals surface area contributed by atoms with E-state index in [-0.39, 0.29) is 12.5 Å². The van der Waals surface area contributed by atoms with Crippen molar-refractivity contribution in [2.75, 3.05) is 33.4 Å². The van der Waals surface area contributed by atoms with Gasteiger partial charge in [-0.15, -0.1) is 0 Å². The number of carbonyl (C=O) groups excluding carboxylic acids is 1. The number of hydrogen-bond donors (Lipinski definition) is 3. The number of carboxylic acids is 1. The molecule has 25 heavy (non-hydrogen) atoms. The maximum absolute atomic E-state index is 12.4. The van der Waals surface area contributed by atoms with Gasteiger partial charge in [0.05, 0.1) is 6.61 Å². The van der Waals surface area contributed by atoms with Gasteiger partial charge in [0, 0.05) is 39.2 Å². The van der Waals surface area contributed by atoms with Crippen LogP contribution in [0.25, 0.3) is 0 Å². The number of carbonyl (C=O) groups is 2. The number of aliphatic carboxylic acids is 1. The molecule has 0 spiro atoms. The van der Waals surface area contributed by atoms with Crippen molar-refractivity contribution in [2.45, 2.75) is 31.3 Å². The highest BCUT2D eigenvalue weighted by molar-refractivity contribution is 5.82. The quantitative estimate of drug-likeness (QED) is 0.611. The molecular weight excluding hydrogens is 322 g/mol. The molecule has 2 rings (SSSR count). The predicted octanol–water partition coefficient (Wildman–Crippen LogP) is 1.09. The Morgan fingerprint density at radius 3 is 2.56 bits per heavy atom. The van der Waals surface area contributed by atoms with Crippen LogP contribution in [0.15, 0.2) is 30.3 Å². The number of piperidine rings is 1. The van der Waals surface area contributed by atoms with E-state index in [1.165, 1.54) is 0 Å². The minimum absolute atomic E-state index is 0.275. The van der Waals surface area contributed by atoms with Gasteiger partial charge in [0.15, 0.2) is 0 Å². The fraction of sp³-hybridized carbons (Fsp3) is 0.556. The van der Waals surface area contributed by atoms with Crippen LogP contribution in [0.3, 0.4) is 0 Å². The van der Waals surface area contributed by atoms with Crippen LogP contribution in [0.4, 0.5) is 4.79 Å². The molecule has 2 amide bonds. The number of amides is 2. The minimum atomic E-state index is -1.02. The van der Waals surface area contributed by atoms with E-state index in [0.717, 1.165) is 24.9 Å². The Morgan fingerprint density at radius 1 is 1.28 bits per heavy atom. The fourth-order valence-corrected chi connectivity index (χ4v) is 2.94. The summed E-state index contributed by atoms with van der Waals surface area (Å²) in [5, 5.41) is 15.4. The minimum Gasteiger partial charge on any atom is -0.480 e. The smallest absolute Gasteiger partial charge is 0.326 e. The molecule has 0 unspecified atom stereocenters. The summed E-state index contributed by atoms with van der Waals surface area (Å²) in [7, 11) is 1.67. The van der Waals surface area contributed by atoms with Crippen LogP contribution in [0.2, 0.25) is 0 Å². The van der Waals surface area contributed by atoms with Gasteiger partial charge in [-0.25, -0.2) is 9.59 Å². The fourth-order valence-electron chi connectivity index (χ4n) is 2.94. The highest BCUT2D eigenvalue weighted by Crippen LogP contribution is 2.11. The molecule has 1 aliphatic heterocycles. The molecule has 3 N–H and O–H groups in total. The van der Waals surface area contributed by atoms with Crippen molar-refractivity contribution in [1.29, 1.82) is 0 Å². The molecule has 1 atom stereocenters. The number of likely N-dealkylation sites (tertiary alicyclic amines) is 1. The topological polar surface area (TPSA) is 90.9 Å². The van der Waals surface area contributed by atoms with E-state index in [2.05, 4.69) is 10.6 Å². The number of methoxy groups -OCH3 is 1. The van der Waals surface area contributed by atoms with Gasteiger partial charge in [0.1, 0.15) is 6.04 Å². The third kappa shape index (κ3) is 6.36. The molecule has 1 saturated heterocycles. The van der Waals surface area contributed by atoms with Crippen molar-refractivity contribution in [3.63, 3.8) is 0 Å². The summed E-state index contributed by atoms with van der Waals surface area (Å²) < 4.78 is 5.01. The Hall–Kier alpha value is -2.12. The van der Waals surface area contributed by atoms with E-state index in [4.69, 9.17) is 4.74 Å². The van der Waals surface area contributed by atoms with Crippen LogP contribution >= 0.6 is 0 Å². The lowest BCUT2D eigenvalue weighted by molar-refractivity contribution is -0.139. The molecule has 138 valence electrons. The van der Waals surface area contributed by atoms with Gasteiger partial charge >= 0.3 is 12.0 Å². The monoisotopic (exact) mass is 349 g/mol. The number of nitrogens with one attached hydrogen (secondary N) is 2. The number of carboxylic acid groups (broad SMARTS) is 1. The van der Waals surface area contributed by atoms with Crippen LogP contribution in [-0.2, 0) is 16.0 Å². The first-order chi connectivity index (χ1) is 12.1. The summed E-state index contributed by atoms with van der Waals surface area (Å²) in [5.41, 5.74) is 0.885. The summed E-state index contributed by atoms with van der Waals surface area (Å²) in [5.74, 6) is -1.02. The first-order valence-corrected chi connectivity index (χ1v) is 8.64. The standard InChI is InChI=1S/C18H27N3O4/c1-25-12-9-19-15-7-10-21(11-8-15)18(24)20-16(17(22)23)13-14-5-3-2-4-6-14/h2-6,15-16,19H,7-13H2,1H3,(H,20,24)(H,22,23)/t16-/m0/s1. The maximum atomic E-state index is 12.4. The van der Waals surface area contributed by atoms with Gasteiger partial charge in [-0.3, -0.25) is 0 Å². The van der Waals surface area contributed by atoms with Crippen molar-refractivity contribution in [2.24, 2.45) is 0 Å². The summed E-state index contributed by atoms with van der Waals surface area (Å²) in [6.07, 6.45) is 1.98. The molecule has 1 fully saturated rings. The van der Waals surface area contributed by atoms with E-state index in [9.17, 15) is 14.7 Å². The van der Waals surface area contributed by atoms with E-state index < -0.39 is 12.0 Å². The maximum Gasteiger partial charge on any atom is 0.326 e. The molecule has 1 aliphatic rings. The normalized spacial score (nSPS) is 16.4. The van der Waals surface area contributed by atoms with Gasteiger partial charge in [0.2, 0.25) is 0 Å². The second-order valence-corrected chi connectivity index (χ2v) is 6.24. The highest BCUT2D eigenvalue weighted by Gasteiger charge is 2.26. The summed E-state index contributed by atoms with van der Waals surface area (Å²) in [6, 6.07) is 8.46. The number of nitrogens with zero attached hydrogens (tertiary/aromatic N) is 1. The van der Waals surface area contributed by atoms with E-state index in [1.54, 1.807) is 12.0 Å². The molecule has 0 radical (unpaired) electrons. The van der Waals surface area contributed by atoms with Gasteiger partial charge in [-0.2, -0.15) is 0 Å². The molecular formula is C18H27N3O4. The van der Waals surface area contributed by atoms with Crippen LogP contribution in [-0.4, -0.2) is 67.4 Å². The molecule has 1 heterocycles. The van der Waals surface area contributed by atoms with E-state index >= 15 is 0 Å². The number of ether oxygens (including phenoxy) is 1. The summed E-state index contributed by atoms with van der Waals surface area (Å²) >= 11 is 0. The average molecular weight is 349 g/mol. The number of hydrogen-bond acceptors (Lipinski definition) is 4. The molecule has 7 nitrogen and oxygen atoms in total. The number of urea groups is 1. The lowest BCUT2D eigenvalue weighted by Crippen LogP contribution is -2.52. The zero-order chi connectivity index (χ0) is 18.1. The average Bonchev–Trinajstić information content (AvgIpc) is 2.62. The van der Waals surface area contributed by atoms with Gasteiger partial charge in [-0.05, 0) is 18.4 Å². The molecule has 7 heteroatoms. The Morgan fingerprint density at radius 2 is 1.96 bits per heavy atom. The molecule has 1 aromatic rings. The second kappa shape index (κ2) is 10.0. The number of benzene rings is 1. The van der Waals surface area contributed by atoms with Crippen molar-refractivity contribution in [3.05, 3.63) is 35.9 Å². The third-order valence-electron chi connectivity index (χ3n) is 4.40. The Bertz CT molecular complexity index is 545. The van der Waals surface area contributed by atoms with E-state index in [1.807, 2.05) is 30.3 Å². The first kappa shape index (κ1) is 19.2. The lowest BCUT2D eigenvalue weighted by Gasteiger charge is -2.33. The summed E-state index contributed by atoms with van der Waals surface area (Å²) in [4.78, 5) is 25.5. The lowest BCUT2D eigenvalue weighted by atomic mass is 10.0. The number of rotatable bonds is 8. The van der Waals surface area contributed by atoms with Crippen LogP contribution in [0.5, 0.6) is 0 Å². The van der Waals surface area contributed by atoms with Gasteiger partial charge in [0.25, 0.3) is 0 Å². The van der Waals surface area contributed by atoms with Crippen molar-refractivity contribution in [3.8, 4) is 0 Å². The SMILES string of the molecule is COCCNC1CCN(C(=O)N[C@@H](Cc2ccccc2)C(=O)O)CC1. The van der Waals surface area contributed by atoms with Gasteiger partial charge in [-0.1, -0.05) is 30.3 Å². The molecule has 0 aliphatic carbocycles. The Balaban J connectivity index is 1.80. The van der Waals surface area contributed by atoms with Gasteiger partial charge < -0.3 is 25.4 Å². The summed E-state index contributed by atoms with van der Waals surface area (Å²) in [6.45, 7) is 2.70. The van der Waals surface area contributed by atoms with E-state index in [0.29, 0.717) is 25.7 Å². The van der Waals surface area contributed by atoms with Crippen LogP contribution < -0.4 is 10.6 Å². The Labute approximate surface area is 148 Å². The zero-order valence-electron chi connectivity index (χ0n) is 14.6. The Kier molecular flexibility index (Phi) is 7.69. The second-order valence-electron chi connectivity index (χ2n) is 6.24. The van der Waals surface area contributed by atoms with Crippen molar-refractivity contribution >= 4 is 12.0 Å². The van der Waals surface area contributed by atoms with Crippen LogP contribution in [0.1, 0.15) is 18.4 Å². The highest BCUT2D eigenvalue weighted by atomic mass is 16.5. The van der Waals surface area contributed by atoms with Crippen LogP contribution in [0, 0.1) is 0 Å². The first-order valence-electron chi connectivity index (χ1n) is 8.64. The molecule has 0 saturated carbocycles. The molecule has 0 bridgehead atoms. The van der Waals surface area contributed by atoms with Crippen molar-refractivity contribution in [1.82, 2.24) is 15.5 Å². The van der Waals surface area contributed by atoms with Crippen molar-refractivity contribution < 1.29 is 19.4 Å². The predicted molar refractivity (Wildman–Crippen MR) is 94.6 cm³/mol. The largest absolute Gasteiger partial charge is 0.480 e.